The molecule has 1 aromatic carbocycles. The molecule has 26 heavy (non-hydrogen) atoms. The number of hydrogen-bond acceptors (Lipinski definition) is 8. The van der Waals surface area contributed by atoms with Crippen LogP contribution in [0.15, 0.2) is 22.6 Å². The number of morpholine rings is 1. The van der Waals surface area contributed by atoms with Gasteiger partial charge in [0, 0.05) is 13.1 Å². The summed E-state index contributed by atoms with van der Waals surface area (Å²) in [5.41, 5.74) is 1.05. The normalized spacial score (nSPS) is 18.7. The van der Waals surface area contributed by atoms with E-state index in [4.69, 9.17) is 18.6 Å². The number of methoxy groups -OCH3 is 1. The van der Waals surface area contributed by atoms with Crippen LogP contribution in [0.3, 0.4) is 0 Å². The molecule has 0 saturated carbocycles. The van der Waals surface area contributed by atoms with Gasteiger partial charge in [-0.2, -0.15) is 4.31 Å². The first-order valence-electron chi connectivity index (χ1n) is 8.03. The maximum Gasteiger partial charge on any atom is 0.254 e. The molecule has 1 atom stereocenters. The number of hydrogen-bond donors (Lipinski definition) is 0. The lowest BCUT2D eigenvalue weighted by Gasteiger charge is -2.29. The molecule has 0 unspecified atom stereocenters. The zero-order chi connectivity index (χ0) is 18.7. The van der Waals surface area contributed by atoms with E-state index in [2.05, 4.69) is 10.2 Å². The van der Waals surface area contributed by atoms with Crippen molar-refractivity contribution in [2.24, 2.45) is 0 Å². The Labute approximate surface area is 151 Å². The molecule has 142 valence electrons. The standard InChI is InChI=1S/C16H21N3O6S/c1-11-4-5-12(13(8-11)22-2)24-10-15-17-18-16(25-15)14-9-19(6-7-23-14)26(3,20)21/h4-5,8,14H,6-7,9-10H2,1-3H3/t14-/m1/s1. The van der Waals surface area contributed by atoms with Gasteiger partial charge in [0.1, 0.15) is 6.10 Å². The van der Waals surface area contributed by atoms with E-state index in [1.807, 2.05) is 19.1 Å². The Morgan fingerprint density at radius 1 is 1.31 bits per heavy atom. The van der Waals surface area contributed by atoms with E-state index in [0.717, 1.165) is 11.8 Å². The fourth-order valence-electron chi connectivity index (χ4n) is 2.56. The second-order valence-corrected chi connectivity index (χ2v) is 7.94. The summed E-state index contributed by atoms with van der Waals surface area (Å²) in [5.74, 6) is 1.68. The van der Waals surface area contributed by atoms with Crippen molar-refractivity contribution in [1.29, 1.82) is 0 Å². The second kappa shape index (κ2) is 7.60. The predicted octanol–water partition coefficient (Wildman–Crippen LogP) is 1.30. The van der Waals surface area contributed by atoms with E-state index >= 15 is 0 Å². The zero-order valence-corrected chi connectivity index (χ0v) is 15.7. The van der Waals surface area contributed by atoms with Gasteiger partial charge in [0.2, 0.25) is 15.9 Å². The molecule has 1 aliphatic rings. The first-order chi connectivity index (χ1) is 12.4. The van der Waals surface area contributed by atoms with Gasteiger partial charge in [0.25, 0.3) is 5.89 Å². The number of aromatic nitrogens is 2. The number of nitrogens with zero attached hydrogens (tertiary/aromatic N) is 3. The second-order valence-electron chi connectivity index (χ2n) is 5.96. The van der Waals surface area contributed by atoms with Crippen LogP contribution in [-0.2, 0) is 21.4 Å². The fourth-order valence-corrected chi connectivity index (χ4v) is 3.38. The summed E-state index contributed by atoms with van der Waals surface area (Å²) < 4.78 is 46.8. The average molecular weight is 383 g/mol. The lowest BCUT2D eigenvalue weighted by molar-refractivity contribution is -0.0180. The minimum absolute atomic E-state index is 0.0644. The van der Waals surface area contributed by atoms with Gasteiger partial charge >= 0.3 is 0 Å². The fraction of sp³-hybridized carbons (Fsp3) is 0.500. The van der Waals surface area contributed by atoms with Gasteiger partial charge in [0.05, 0.1) is 20.0 Å². The molecule has 0 N–H and O–H groups in total. The van der Waals surface area contributed by atoms with Gasteiger partial charge in [0.15, 0.2) is 18.1 Å². The van der Waals surface area contributed by atoms with Crippen molar-refractivity contribution < 1.29 is 27.0 Å². The van der Waals surface area contributed by atoms with Gasteiger partial charge in [-0.05, 0) is 24.6 Å². The predicted molar refractivity (Wildman–Crippen MR) is 91.5 cm³/mol. The van der Waals surface area contributed by atoms with Crippen LogP contribution in [0, 0.1) is 6.92 Å². The zero-order valence-electron chi connectivity index (χ0n) is 14.8. The molecule has 2 heterocycles. The monoisotopic (exact) mass is 383 g/mol. The number of sulfonamides is 1. The van der Waals surface area contributed by atoms with Crippen LogP contribution in [0.2, 0.25) is 0 Å². The van der Waals surface area contributed by atoms with E-state index in [0.29, 0.717) is 18.0 Å². The molecule has 0 bridgehead atoms. The van der Waals surface area contributed by atoms with Gasteiger partial charge in [-0.1, -0.05) is 6.07 Å². The SMILES string of the molecule is COc1cc(C)ccc1OCc1nnc([C@H]2CN(S(C)(=O)=O)CCO2)o1. The van der Waals surface area contributed by atoms with E-state index in [1.54, 1.807) is 13.2 Å². The molecule has 10 heteroatoms. The topological polar surface area (TPSA) is 104 Å². The van der Waals surface area contributed by atoms with Gasteiger partial charge in [-0.3, -0.25) is 0 Å². The third kappa shape index (κ3) is 4.32. The number of benzene rings is 1. The number of aryl methyl sites for hydroxylation is 1. The summed E-state index contributed by atoms with van der Waals surface area (Å²) in [4.78, 5) is 0. The van der Waals surface area contributed by atoms with E-state index in [1.165, 1.54) is 4.31 Å². The van der Waals surface area contributed by atoms with Crippen molar-refractivity contribution in [3.63, 3.8) is 0 Å². The van der Waals surface area contributed by atoms with Crippen LogP contribution >= 0.6 is 0 Å². The van der Waals surface area contributed by atoms with Crippen LogP contribution in [-0.4, -0.2) is 56.0 Å². The Morgan fingerprint density at radius 3 is 2.85 bits per heavy atom. The number of rotatable bonds is 6. The molecular weight excluding hydrogens is 362 g/mol. The van der Waals surface area contributed by atoms with Crippen molar-refractivity contribution in [1.82, 2.24) is 14.5 Å². The highest BCUT2D eigenvalue weighted by Crippen LogP contribution is 2.29. The smallest absolute Gasteiger partial charge is 0.254 e. The first kappa shape index (κ1) is 18.6. The lowest BCUT2D eigenvalue weighted by Crippen LogP contribution is -2.41. The Hall–Kier alpha value is -2.17. The molecule has 0 spiro atoms. The first-order valence-corrected chi connectivity index (χ1v) is 9.88. The summed E-state index contributed by atoms with van der Waals surface area (Å²) in [7, 11) is -1.72. The van der Waals surface area contributed by atoms with E-state index < -0.39 is 16.1 Å². The Morgan fingerprint density at radius 2 is 2.12 bits per heavy atom. The molecule has 3 rings (SSSR count). The molecule has 1 saturated heterocycles. The summed E-state index contributed by atoms with van der Waals surface area (Å²) >= 11 is 0. The largest absolute Gasteiger partial charge is 0.493 e. The molecule has 0 amide bonds. The molecule has 1 aliphatic heterocycles. The highest BCUT2D eigenvalue weighted by atomic mass is 32.2. The summed E-state index contributed by atoms with van der Waals surface area (Å²) in [5, 5.41) is 7.89. The molecule has 2 aromatic rings. The van der Waals surface area contributed by atoms with Crippen molar-refractivity contribution in [3.05, 3.63) is 35.5 Å². The summed E-state index contributed by atoms with van der Waals surface area (Å²) in [6.45, 7) is 2.75. The highest BCUT2D eigenvalue weighted by Gasteiger charge is 2.31. The third-order valence-electron chi connectivity index (χ3n) is 3.93. The van der Waals surface area contributed by atoms with Gasteiger partial charge in [-0.15, -0.1) is 10.2 Å². The third-order valence-corrected chi connectivity index (χ3v) is 5.20. The van der Waals surface area contributed by atoms with Crippen LogP contribution in [0.1, 0.15) is 23.4 Å². The molecular formula is C16H21N3O6S. The summed E-state index contributed by atoms with van der Waals surface area (Å²) in [6.07, 6.45) is 0.575. The minimum atomic E-state index is -3.29. The Balaban J connectivity index is 1.65. The maximum atomic E-state index is 11.7. The van der Waals surface area contributed by atoms with Crippen molar-refractivity contribution >= 4 is 10.0 Å². The highest BCUT2D eigenvalue weighted by molar-refractivity contribution is 7.88. The van der Waals surface area contributed by atoms with Crippen molar-refractivity contribution in [3.8, 4) is 11.5 Å². The molecule has 0 radical (unpaired) electrons. The van der Waals surface area contributed by atoms with Crippen molar-refractivity contribution in [2.45, 2.75) is 19.6 Å². The Bertz CT molecular complexity index is 867. The van der Waals surface area contributed by atoms with Gasteiger partial charge < -0.3 is 18.6 Å². The van der Waals surface area contributed by atoms with Crippen LogP contribution in [0.25, 0.3) is 0 Å². The van der Waals surface area contributed by atoms with Gasteiger partial charge in [-0.25, -0.2) is 8.42 Å². The molecule has 1 fully saturated rings. The molecule has 0 aliphatic carbocycles. The van der Waals surface area contributed by atoms with E-state index in [9.17, 15) is 8.42 Å². The van der Waals surface area contributed by atoms with Crippen LogP contribution in [0.4, 0.5) is 0 Å². The minimum Gasteiger partial charge on any atom is -0.493 e. The quantitative estimate of drug-likeness (QED) is 0.735. The average Bonchev–Trinajstić information content (AvgIpc) is 3.09. The lowest BCUT2D eigenvalue weighted by atomic mass is 10.2. The number of ether oxygens (including phenoxy) is 3. The van der Waals surface area contributed by atoms with Crippen LogP contribution < -0.4 is 9.47 Å². The maximum absolute atomic E-state index is 11.7. The van der Waals surface area contributed by atoms with Crippen LogP contribution in [0.5, 0.6) is 11.5 Å². The van der Waals surface area contributed by atoms with E-state index in [-0.39, 0.29) is 31.5 Å². The molecule has 9 nitrogen and oxygen atoms in total. The Kier molecular flexibility index (Phi) is 5.44. The van der Waals surface area contributed by atoms with Crippen molar-refractivity contribution in [2.75, 3.05) is 33.1 Å². The summed E-state index contributed by atoms with van der Waals surface area (Å²) in [6, 6.07) is 5.58. The molecule has 1 aromatic heterocycles.